The quantitative estimate of drug-likeness (QED) is 0.856. The van der Waals surface area contributed by atoms with E-state index < -0.39 is 10.0 Å². The van der Waals surface area contributed by atoms with Gasteiger partial charge in [-0.15, -0.1) is 0 Å². The zero-order valence-corrected chi connectivity index (χ0v) is 13.3. The van der Waals surface area contributed by atoms with Gasteiger partial charge in [-0.3, -0.25) is 4.79 Å². The van der Waals surface area contributed by atoms with Crippen LogP contribution in [0.4, 0.5) is 0 Å². The number of amides is 1. The van der Waals surface area contributed by atoms with Gasteiger partial charge < -0.3 is 0 Å². The number of rotatable bonds is 3. The lowest BCUT2D eigenvalue weighted by Gasteiger charge is -2.17. The van der Waals surface area contributed by atoms with E-state index in [0.717, 1.165) is 15.6 Å². The van der Waals surface area contributed by atoms with Crippen molar-refractivity contribution < 1.29 is 13.2 Å². The molecule has 19 heavy (non-hydrogen) atoms. The molecular weight excluding hydrogens is 308 g/mol. The van der Waals surface area contributed by atoms with Crippen LogP contribution in [0.25, 0.3) is 0 Å². The number of carbonyl (C=O) groups excluding carboxylic acids is 1. The Labute approximate surface area is 121 Å². The molecule has 2 rings (SSSR count). The summed E-state index contributed by atoms with van der Waals surface area (Å²) in [5.74, 6) is 0.00360. The van der Waals surface area contributed by atoms with Crippen LogP contribution >= 0.6 is 22.9 Å². The number of nitrogens with zero attached hydrogens (tertiary/aromatic N) is 2. The molecule has 0 bridgehead atoms. The van der Waals surface area contributed by atoms with Gasteiger partial charge in [-0.05, 0) is 18.8 Å². The van der Waals surface area contributed by atoms with E-state index in [0.29, 0.717) is 5.69 Å². The molecule has 106 valence electrons. The molecule has 1 aromatic rings. The Bertz CT molecular complexity index is 609. The monoisotopic (exact) mass is 322 g/mol. The molecule has 0 N–H and O–H groups in total. The SMILES string of the molecule is Cc1nc(Cl)sc1S(=O)(=O)N1CC(C(C)C)CC1=O. The first-order chi connectivity index (χ1) is 8.73. The molecule has 0 radical (unpaired) electrons. The Morgan fingerprint density at radius 2 is 2.11 bits per heavy atom. The van der Waals surface area contributed by atoms with Gasteiger partial charge >= 0.3 is 0 Å². The highest BCUT2D eigenvalue weighted by atomic mass is 35.5. The third kappa shape index (κ3) is 2.64. The van der Waals surface area contributed by atoms with Gasteiger partial charge in [0.25, 0.3) is 10.0 Å². The molecule has 0 spiro atoms. The normalized spacial score (nSPS) is 20.6. The summed E-state index contributed by atoms with van der Waals surface area (Å²) in [5.41, 5.74) is 0.343. The predicted octanol–water partition coefficient (Wildman–Crippen LogP) is 2.30. The number of aryl methyl sites for hydroxylation is 1. The van der Waals surface area contributed by atoms with E-state index in [1.807, 2.05) is 13.8 Å². The zero-order chi connectivity index (χ0) is 14.4. The fourth-order valence-corrected chi connectivity index (χ4v) is 5.38. The van der Waals surface area contributed by atoms with E-state index in [-0.39, 0.29) is 39.4 Å². The number of carbonyl (C=O) groups is 1. The summed E-state index contributed by atoms with van der Waals surface area (Å²) in [4.78, 5) is 15.8. The van der Waals surface area contributed by atoms with E-state index in [2.05, 4.69) is 4.98 Å². The fourth-order valence-electron chi connectivity index (χ4n) is 2.07. The number of aromatic nitrogens is 1. The van der Waals surface area contributed by atoms with Gasteiger partial charge in [-0.1, -0.05) is 36.8 Å². The van der Waals surface area contributed by atoms with Crippen molar-refractivity contribution in [1.29, 1.82) is 0 Å². The van der Waals surface area contributed by atoms with Crippen LogP contribution in [0.2, 0.25) is 4.47 Å². The highest BCUT2D eigenvalue weighted by Crippen LogP contribution is 2.34. The lowest BCUT2D eigenvalue weighted by Crippen LogP contribution is -2.32. The minimum atomic E-state index is -3.81. The molecule has 1 atom stereocenters. The van der Waals surface area contributed by atoms with Crippen LogP contribution in [0.1, 0.15) is 26.0 Å². The minimum Gasteiger partial charge on any atom is -0.274 e. The molecular formula is C11H15ClN2O3S2. The smallest absolute Gasteiger partial charge is 0.274 e. The van der Waals surface area contributed by atoms with Crippen LogP contribution in [0.3, 0.4) is 0 Å². The molecule has 8 heteroatoms. The number of halogens is 1. The Morgan fingerprint density at radius 3 is 2.53 bits per heavy atom. The van der Waals surface area contributed by atoms with Crippen LogP contribution in [-0.4, -0.2) is 30.2 Å². The molecule has 2 heterocycles. The number of hydrogen-bond acceptors (Lipinski definition) is 5. The molecule has 1 amide bonds. The van der Waals surface area contributed by atoms with Crippen molar-refractivity contribution in [2.75, 3.05) is 6.54 Å². The fraction of sp³-hybridized carbons (Fsp3) is 0.636. The van der Waals surface area contributed by atoms with Crippen LogP contribution in [0.5, 0.6) is 0 Å². The molecule has 1 aliphatic rings. The van der Waals surface area contributed by atoms with Gasteiger partial charge in [-0.2, -0.15) is 0 Å². The van der Waals surface area contributed by atoms with Crippen molar-refractivity contribution in [2.24, 2.45) is 11.8 Å². The Hall–Kier alpha value is -0.660. The zero-order valence-electron chi connectivity index (χ0n) is 10.9. The Balaban J connectivity index is 2.36. The summed E-state index contributed by atoms with van der Waals surface area (Å²) < 4.78 is 26.1. The molecule has 1 aromatic heterocycles. The van der Waals surface area contributed by atoms with Gasteiger partial charge in [0.1, 0.15) is 0 Å². The van der Waals surface area contributed by atoms with E-state index in [1.165, 1.54) is 0 Å². The Morgan fingerprint density at radius 1 is 1.47 bits per heavy atom. The molecule has 0 aliphatic carbocycles. The highest BCUT2D eigenvalue weighted by molar-refractivity contribution is 7.91. The van der Waals surface area contributed by atoms with E-state index in [9.17, 15) is 13.2 Å². The second-order valence-electron chi connectivity index (χ2n) is 4.98. The average Bonchev–Trinajstić information content (AvgIpc) is 2.82. The number of hydrogen-bond donors (Lipinski definition) is 0. The highest BCUT2D eigenvalue weighted by Gasteiger charge is 2.40. The van der Waals surface area contributed by atoms with E-state index in [4.69, 9.17) is 11.6 Å². The van der Waals surface area contributed by atoms with Crippen LogP contribution in [0, 0.1) is 18.8 Å². The van der Waals surface area contributed by atoms with Crippen LogP contribution in [0.15, 0.2) is 4.21 Å². The lowest BCUT2D eigenvalue weighted by molar-refractivity contribution is -0.123. The first-order valence-electron chi connectivity index (χ1n) is 5.92. The molecule has 0 saturated carbocycles. The molecule has 1 fully saturated rings. The van der Waals surface area contributed by atoms with Gasteiger partial charge in [-0.25, -0.2) is 17.7 Å². The number of thiazole rings is 1. The van der Waals surface area contributed by atoms with Gasteiger partial charge in [0.05, 0.1) is 5.69 Å². The maximum absolute atomic E-state index is 12.5. The largest absolute Gasteiger partial charge is 0.277 e. The van der Waals surface area contributed by atoms with E-state index in [1.54, 1.807) is 6.92 Å². The number of sulfonamides is 1. The van der Waals surface area contributed by atoms with Crippen molar-refractivity contribution in [3.63, 3.8) is 0 Å². The summed E-state index contributed by atoms with van der Waals surface area (Å²) in [6.45, 7) is 5.80. The molecule has 1 saturated heterocycles. The maximum Gasteiger partial charge on any atom is 0.277 e. The second kappa shape index (κ2) is 5.03. The minimum absolute atomic E-state index is 0.0651. The maximum atomic E-state index is 12.5. The predicted molar refractivity (Wildman–Crippen MR) is 73.7 cm³/mol. The standard InChI is InChI=1S/C11H15ClN2O3S2/c1-6(2)8-4-9(15)14(5-8)19(16,17)10-7(3)13-11(12)18-10/h6,8H,4-5H2,1-3H3. The molecule has 1 aliphatic heterocycles. The van der Waals surface area contributed by atoms with Gasteiger partial charge in [0.2, 0.25) is 5.91 Å². The summed E-state index contributed by atoms with van der Waals surface area (Å²) in [6.07, 6.45) is 0.280. The van der Waals surface area contributed by atoms with Gasteiger partial charge in [0, 0.05) is 13.0 Å². The topological polar surface area (TPSA) is 67.3 Å². The van der Waals surface area contributed by atoms with Crippen molar-refractivity contribution in [2.45, 2.75) is 31.4 Å². The molecule has 0 aromatic carbocycles. The van der Waals surface area contributed by atoms with Crippen molar-refractivity contribution in [3.05, 3.63) is 10.2 Å². The third-order valence-electron chi connectivity index (χ3n) is 3.31. The van der Waals surface area contributed by atoms with E-state index >= 15 is 0 Å². The van der Waals surface area contributed by atoms with Gasteiger partial charge in [0.15, 0.2) is 8.68 Å². The lowest BCUT2D eigenvalue weighted by atomic mass is 9.95. The summed E-state index contributed by atoms with van der Waals surface area (Å²) in [5, 5.41) is 0. The summed E-state index contributed by atoms with van der Waals surface area (Å²) in [6, 6.07) is 0. The summed E-state index contributed by atoms with van der Waals surface area (Å²) >= 11 is 6.63. The Kier molecular flexibility index (Phi) is 3.90. The average molecular weight is 323 g/mol. The first-order valence-corrected chi connectivity index (χ1v) is 8.55. The second-order valence-corrected chi connectivity index (χ2v) is 8.62. The van der Waals surface area contributed by atoms with Crippen LogP contribution < -0.4 is 0 Å². The van der Waals surface area contributed by atoms with Crippen molar-refractivity contribution in [3.8, 4) is 0 Å². The van der Waals surface area contributed by atoms with Crippen molar-refractivity contribution in [1.82, 2.24) is 9.29 Å². The van der Waals surface area contributed by atoms with Crippen molar-refractivity contribution >= 4 is 38.9 Å². The summed E-state index contributed by atoms with van der Waals surface area (Å²) in [7, 11) is -3.81. The molecule has 1 unspecified atom stereocenters. The molecule has 5 nitrogen and oxygen atoms in total. The third-order valence-corrected chi connectivity index (χ3v) is 6.95. The van der Waals surface area contributed by atoms with Crippen LogP contribution in [-0.2, 0) is 14.8 Å². The first kappa shape index (κ1) is 14.7.